The average Bonchev–Trinajstić information content (AvgIpc) is 2.84. The van der Waals surface area contributed by atoms with E-state index in [9.17, 15) is 4.79 Å². The largest absolute Gasteiger partial charge is 0.340 e. The van der Waals surface area contributed by atoms with Gasteiger partial charge in [0.25, 0.3) is 0 Å². The minimum atomic E-state index is 0.0683. The summed E-state index contributed by atoms with van der Waals surface area (Å²) in [7, 11) is 0. The second-order valence-corrected chi connectivity index (χ2v) is 7.85. The molecule has 3 aromatic rings. The van der Waals surface area contributed by atoms with Crippen molar-refractivity contribution in [1.29, 1.82) is 0 Å². The zero-order valence-corrected chi connectivity index (χ0v) is 19.6. The topological polar surface area (TPSA) is 20.3 Å². The van der Waals surface area contributed by atoms with Crippen LogP contribution in [0.5, 0.6) is 0 Å². The second-order valence-electron chi connectivity index (χ2n) is 7.85. The van der Waals surface area contributed by atoms with Crippen molar-refractivity contribution in [2.24, 2.45) is 0 Å². The highest BCUT2D eigenvalue weighted by Crippen LogP contribution is 2.34. The van der Waals surface area contributed by atoms with Gasteiger partial charge in [-0.25, -0.2) is 0 Å². The molecule has 0 saturated carbocycles. The third-order valence-electron chi connectivity index (χ3n) is 5.88. The predicted molar refractivity (Wildman–Crippen MR) is 137 cm³/mol. The van der Waals surface area contributed by atoms with Gasteiger partial charge in [0.15, 0.2) is 0 Å². The summed E-state index contributed by atoms with van der Waals surface area (Å²) in [5.74, 6) is 0.0683. The number of carbonyl (C=O) groups excluding carboxylic acids is 1. The Morgan fingerprint density at radius 2 is 1.16 bits per heavy atom. The Hall–Kier alpha value is -3.39. The zero-order chi connectivity index (χ0) is 22.9. The fourth-order valence-electron chi connectivity index (χ4n) is 4.08. The van der Waals surface area contributed by atoms with Crippen molar-refractivity contribution >= 4 is 22.6 Å². The molecule has 0 unspecified atom stereocenters. The number of rotatable bonds is 8. The Labute approximate surface area is 192 Å². The van der Waals surface area contributed by atoms with Gasteiger partial charge in [0.2, 0.25) is 5.91 Å². The van der Waals surface area contributed by atoms with Gasteiger partial charge in [-0.1, -0.05) is 91.9 Å². The third kappa shape index (κ3) is 5.45. The minimum absolute atomic E-state index is 0.0683. The number of amides is 1. The molecule has 0 bridgehead atoms. The molecule has 0 aliphatic heterocycles. The SMILES string of the molecule is CC/C(=C(\c1ccccc1)c1ccc(/C(C)=C/C(=O)N(CC)CC)cc1)c1ccccc1. The maximum absolute atomic E-state index is 12.5. The quantitative estimate of drug-likeness (QED) is 0.274. The van der Waals surface area contributed by atoms with Gasteiger partial charge >= 0.3 is 0 Å². The van der Waals surface area contributed by atoms with Crippen LogP contribution in [0, 0.1) is 0 Å². The van der Waals surface area contributed by atoms with E-state index >= 15 is 0 Å². The minimum Gasteiger partial charge on any atom is -0.340 e. The molecular formula is C30H33NO. The van der Waals surface area contributed by atoms with Gasteiger partial charge in [-0.15, -0.1) is 0 Å². The monoisotopic (exact) mass is 423 g/mol. The highest BCUT2D eigenvalue weighted by molar-refractivity contribution is 5.99. The van der Waals surface area contributed by atoms with E-state index in [0.717, 1.165) is 30.6 Å². The number of hydrogen-bond donors (Lipinski definition) is 0. The molecule has 2 heteroatoms. The lowest BCUT2D eigenvalue weighted by molar-refractivity contribution is -0.125. The zero-order valence-electron chi connectivity index (χ0n) is 19.6. The molecule has 0 aliphatic rings. The summed E-state index contributed by atoms with van der Waals surface area (Å²) >= 11 is 0. The van der Waals surface area contributed by atoms with Crippen molar-refractivity contribution in [3.05, 3.63) is 113 Å². The Kier molecular flexibility index (Phi) is 8.21. The van der Waals surface area contributed by atoms with Crippen LogP contribution in [0.4, 0.5) is 0 Å². The first kappa shape index (κ1) is 23.3. The lowest BCUT2D eigenvalue weighted by atomic mass is 9.87. The van der Waals surface area contributed by atoms with Crippen molar-refractivity contribution in [1.82, 2.24) is 4.90 Å². The Bertz CT molecular complexity index is 1070. The standard InChI is InChI=1S/C30H33NO/c1-5-28(25-14-10-8-11-15-25)30(26-16-12-9-13-17-26)27-20-18-24(19-21-27)23(4)22-29(32)31(6-2)7-3/h8-22H,5-7H2,1-4H3/b23-22+,30-28-. The molecule has 3 aromatic carbocycles. The summed E-state index contributed by atoms with van der Waals surface area (Å²) in [5.41, 5.74) is 8.28. The van der Waals surface area contributed by atoms with Gasteiger partial charge in [-0.3, -0.25) is 4.79 Å². The van der Waals surface area contributed by atoms with E-state index in [1.807, 2.05) is 25.7 Å². The first-order valence-corrected chi connectivity index (χ1v) is 11.5. The normalized spacial score (nSPS) is 12.3. The van der Waals surface area contributed by atoms with Crippen molar-refractivity contribution in [3.63, 3.8) is 0 Å². The third-order valence-corrected chi connectivity index (χ3v) is 5.88. The first-order chi connectivity index (χ1) is 15.6. The molecule has 32 heavy (non-hydrogen) atoms. The summed E-state index contributed by atoms with van der Waals surface area (Å²) in [6, 6.07) is 29.8. The molecule has 0 fully saturated rings. The molecule has 164 valence electrons. The fourth-order valence-corrected chi connectivity index (χ4v) is 4.08. The van der Waals surface area contributed by atoms with Crippen LogP contribution in [0.3, 0.4) is 0 Å². The summed E-state index contributed by atoms with van der Waals surface area (Å²) in [5, 5.41) is 0. The van der Waals surface area contributed by atoms with E-state index in [1.54, 1.807) is 6.08 Å². The molecule has 0 atom stereocenters. The van der Waals surface area contributed by atoms with Crippen LogP contribution < -0.4 is 0 Å². The van der Waals surface area contributed by atoms with Gasteiger partial charge < -0.3 is 4.90 Å². The van der Waals surface area contributed by atoms with E-state index in [-0.39, 0.29) is 5.91 Å². The van der Waals surface area contributed by atoms with E-state index in [4.69, 9.17) is 0 Å². The van der Waals surface area contributed by atoms with Crippen molar-refractivity contribution in [2.75, 3.05) is 13.1 Å². The van der Waals surface area contributed by atoms with Gasteiger partial charge in [-0.05, 0) is 66.2 Å². The maximum atomic E-state index is 12.5. The molecule has 0 saturated heterocycles. The number of benzene rings is 3. The van der Waals surface area contributed by atoms with Crippen LogP contribution in [-0.2, 0) is 4.79 Å². The van der Waals surface area contributed by atoms with Crippen LogP contribution in [0.25, 0.3) is 16.7 Å². The van der Waals surface area contributed by atoms with E-state index in [2.05, 4.69) is 91.9 Å². The summed E-state index contributed by atoms with van der Waals surface area (Å²) in [6.07, 6.45) is 2.69. The van der Waals surface area contributed by atoms with Crippen LogP contribution in [0.1, 0.15) is 56.4 Å². The molecule has 0 heterocycles. The van der Waals surface area contributed by atoms with Crippen LogP contribution in [0.2, 0.25) is 0 Å². The fraction of sp³-hybridized carbons (Fsp3) is 0.233. The summed E-state index contributed by atoms with van der Waals surface area (Å²) < 4.78 is 0. The van der Waals surface area contributed by atoms with E-state index in [1.165, 1.54) is 27.8 Å². The maximum Gasteiger partial charge on any atom is 0.246 e. The highest BCUT2D eigenvalue weighted by Gasteiger charge is 2.13. The van der Waals surface area contributed by atoms with Crippen LogP contribution >= 0.6 is 0 Å². The number of nitrogens with zero attached hydrogens (tertiary/aromatic N) is 1. The lowest BCUT2D eigenvalue weighted by Crippen LogP contribution is -2.28. The molecule has 3 rings (SSSR count). The molecule has 0 radical (unpaired) electrons. The van der Waals surface area contributed by atoms with Gasteiger partial charge in [0.05, 0.1) is 0 Å². The van der Waals surface area contributed by atoms with Gasteiger partial charge in [0.1, 0.15) is 0 Å². The summed E-state index contributed by atoms with van der Waals surface area (Å²) in [6.45, 7) is 9.69. The Balaban J connectivity index is 2.04. The molecule has 0 spiro atoms. The Morgan fingerprint density at radius 3 is 1.66 bits per heavy atom. The lowest BCUT2D eigenvalue weighted by Gasteiger charge is -2.18. The second kappa shape index (κ2) is 11.3. The number of likely N-dealkylation sites (N-methyl/N-ethyl adjacent to an activating group) is 1. The first-order valence-electron chi connectivity index (χ1n) is 11.5. The number of hydrogen-bond acceptors (Lipinski definition) is 1. The van der Waals surface area contributed by atoms with Crippen molar-refractivity contribution in [3.8, 4) is 0 Å². The molecule has 0 aromatic heterocycles. The number of carbonyl (C=O) groups is 1. The Morgan fingerprint density at radius 1 is 0.688 bits per heavy atom. The molecular weight excluding hydrogens is 390 g/mol. The summed E-state index contributed by atoms with van der Waals surface area (Å²) in [4.78, 5) is 14.3. The molecule has 2 nitrogen and oxygen atoms in total. The molecule has 0 N–H and O–H groups in total. The van der Waals surface area contributed by atoms with Gasteiger partial charge in [-0.2, -0.15) is 0 Å². The predicted octanol–water partition coefficient (Wildman–Crippen LogP) is 7.33. The van der Waals surface area contributed by atoms with Crippen molar-refractivity contribution < 1.29 is 4.79 Å². The molecule has 1 amide bonds. The smallest absolute Gasteiger partial charge is 0.246 e. The molecule has 0 aliphatic carbocycles. The van der Waals surface area contributed by atoms with E-state index < -0.39 is 0 Å². The highest BCUT2D eigenvalue weighted by atomic mass is 16.2. The number of allylic oxidation sites excluding steroid dienone is 2. The average molecular weight is 424 g/mol. The van der Waals surface area contributed by atoms with Gasteiger partial charge in [0, 0.05) is 19.2 Å². The van der Waals surface area contributed by atoms with E-state index in [0.29, 0.717) is 0 Å². The van der Waals surface area contributed by atoms with Crippen LogP contribution in [-0.4, -0.2) is 23.9 Å². The van der Waals surface area contributed by atoms with Crippen molar-refractivity contribution in [2.45, 2.75) is 34.1 Å². The van der Waals surface area contributed by atoms with Crippen LogP contribution in [0.15, 0.2) is 91.0 Å².